The summed E-state index contributed by atoms with van der Waals surface area (Å²) in [5, 5.41) is 14.2. The van der Waals surface area contributed by atoms with Gasteiger partial charge in [-0.05, 0) is 87.6 Å². The van der Waals surface area contributed by atoms with Gasteiger partial charge in [-0.2, -0.15) is 5.10 Å². The van der Waals surface area contributed by atoms with Gasteiger partial charge in [0, 0.05) is 11.4 Å². The molecule has 0 spiro atoms. The van der Waals surface area contributed by atoms with Gasteiger partial charge in [-0.1, -0.05) is 11.6 Å². The molecule has 2 aliphatic carbocycles. The van der Waals surface area contributed by atoms with Crippen LogP contribution in [0.2, 0.25) is 5.02 Å². The summed E-state index contributed by atoms with van der Waals surface area (Å²) in [5.74, 6) is -0.694. The highest BCUT2D eigenvalue weighted by Gasteiger charge is 2.54. The van der Waals surface area contributed by atoms with Crippen LogP contribution in [0.4, 0.5) is 0 Å². The number of ether oxygens (including phenoxy) is 1. The topological polar surface area (TPSA) is 64.3 Å². The van der Waals surface area contributed by atoms with E-state index >= 15 is 0 Å². The van der Waals surface area contributed by atoms with Crippen LogP contribution in [0, 0.1) is 12.3 Å². The number of aromatic nitrogens is 2. The van der Waals surface area contributed by atoms with Gasteiger partial charge in [0.15, 0.2) is 0 Å². The number of carboxylic acids is 1. The number of nitrogens with zero attached hydrogens (tertiary/aromatic N) is 2. The van der Waals surface area contributed by atoms with Crippen molar-refractivity contribution in [2.24, 2.45) is 5.41 Å². The first-order valence-electron chi connectivity index (χ1n) is 10.1. The molecule has 28 heavy (non-hydrogen) atoms. The number of carboxylic acid groups (broad SMARTS) is 1. The third-order valence-electron chi connectivity index (χ3n) is 6.52. The maximum Gasteiger partial charge on any atom is 0.303 e. The highest BCUT2D eigenvalue weighted by molar-refractivity contribution is 6.30. The van der Waals surface area contributed by atoms with E-state index in [-0.39, 0.29) is 12.0 Å². The second kappa shape index (κ2) is 7.53. The van der Waals surface area contributed by atoms with Gasteiger partial charge in [0.1, 0.15) is 0 Å². The van der Waals surface area contributed by atoms with E-state index in [0.717, 1.165) is 62.0 Å². The maximum atomic E-state index is 10.8. The van der Waals surface area contributed by atoms with Crippen molar-refractivity contribution in [2.75, 3.05) is 0 Å². The van der Waals surface area contributed by atoms with E-state index in [2.05, 4.69) is 11.2 Å². The van der Waals surface area contributed by atoms with Crippen molar-refractivity contribution < 1.29 is 14.6 Å². The minimum atomic E-state index is -0.694. The average Bonchev–Trinajstić information content (AvgIpc) is 3.32. The second-order valence-electron chi connectivity index (χ2n) is 8.56. The zero-order valence-corrected chi connectivity index (χ0v) is 17.0. The Kier molecular flexibility index (Phi) is 5.23. The Morgan fingerprint density at radius 1 is 1.25 bits per heavy atom. The molecule has 0 radical (unpaired) electrons. The third kappa shape index (κ3) is 3.96. The molecule has 1 heterocycles. The zero-order chi connectivity index (χ0) is 19.8. The summed E-state index contributed by atoms with van der Waals surface area (Å²) in [5.41, 5.74) is 3.24. The van der Waals surface area contributed by atoms with Crippen LogP contribution in [0.15, 0.2) is 30.3 Å². The number of rotatable bonds is 8. The second-order valence-corrected chi connectivity index (χ2v) is 9.00. The highest BCUT2D eigenvalue weighted by Crippen LogP contribution is 2.60. The molecular formula is C22H27ClN2O3. The van der Waals surface area contributed by atoms with Gasteiger partial charge in [-0.25, -0.2) is 4.68 Å². The SMILES string of the molecule is Cc1cc(COC23CCC(CCCC(=O)O)(CC2)C3)n(-c2ccc(Cl)cc2)n1. The van der Waals surface area contributed by atoms with Crippen LogP contribution in [-0.4, -0.2) is 26.5 Å². The third-order valence-corrected chi connectivity index (χ3v) is 6.77. The number of aryl methyl sites for hydroxylation is 1. The zero-order valence-electron chi connectivity index (χ0n) is 16.3. The summed E-state index contributed by atoms with van der Waals surface area (Å²) in [6.07, 6.45) is 7.58. The Balaban J connectivity index is 1.42. The van der Waals surface area contributed by atoms with E-state index in [9.17, 15) is 4.79 Å². The number of hydrogen-bond donors (Lipinski definition) is 1. The number of aliphatic carboxylic acids is 1. The van der Waals surface area contributed by atoms with Crippen molar-refractivity contribution in [2.45, 2.75) is 70.5 Å². The standard InChI is InChI=1S/C22H27ClN2O3/c1-16-13-19(25(24-16)18-6-4-17(23)5-7-18)14-28-22-11-9-21(15-22,10-12-22)8-2-3-20(26)27/h4-7,13H,2-3,8-12,14-15H2,1H3,(H,26,27). The van der Waals surface area contributed by atoms with Crippen LogP contribution < -0.4 is 0 Å². The Morgan fingerprint density at radius 3 is 2.64 bits per heavy atom. The molecule has 2 saturated carbocycles. The molecule has 2 bridgehead atoms. The number of benzene rings is 1. The van der Waals surface area contributed by atoms with Crippen LogP contribution in [0.5, 0.6) is 0 Å². The highest BCUT2D eigenvalue weighted by atomic mass is 35.5. The number of hydrogen-bond acceptors (Lipinski definition) is 3. The van der Waals surface area contributed by atoms with Gasteiger partial charge in [-0.3, -0.25) is 4.79 Å². The first kappa shape index (κ1) is 19.5. The van der Waals surface area contributed by atoms with Crippen molar-refractivity contribution in [3.8, 4) is 5.69 Å². The van der Waals surface area contributed by atoms with Gasteiger partial charge in [0.2, 0.25) is 0 Å². The van der Waals surface area contributed by atoms with Crippen LogP contribution in [0.25, 0.3) is 5.69 Å². The molecule has 0 atom stereocenters. The minimum Gasteiger partial charge on any atom is -0.481 e. The van der Waals surface area contributed by atoms with Crippen molar-refractivity contribution in [3.63, 3.8) is 0 Å². The van der Waals surface area contributed by atoms with E-state index in [4.69, 9.17) is 21.4 Å². The first-order chi connectivity index (χ1) is 13.4. The number of halogens is 1. The molecule has 4 rings (SSSR count). The lowest BCUT2D eigenvalue weighted by atomic mass is 9.80. The Morgan fingerprint density at radius 2 is 1.96 bits per heavy atom. The molecule has 1 aromatic carbocycles. The van der Waals surface area contributed by atoms with Crippen molar-refractivity contribution in [3.05, 3.63) is 46.7 Å². The summed E-state index contributed by atoms with van der Waals surface area (Å²) in [4.78, 5) is 10.8. The maximum absolute atomic E-state index is 10.8. The number of carbonyl (C=O) groups is 1. The fraction of sp³-hybridized carbons (Fsp3) is 0.545. The van der Waals surface area contributed by atoms with Crippen LogP contribution >= 0.6 is 11.6 Å². The smallest absolute Gasteiger partial charge is 0.303 e. The summed E-state index contributed by atoms with van der Waals surface area (Å²) in [6.45, 7) is 2.53. The summed E-state index contributed by atoms with van der Waals surface area (Å²) < 4.78 is 8.45. The largest absolute Gasteiger partial charge is 0.481 e. The van der Waals surface area contributed by atoms with E-state index < -0.39 is 5.97 Å². The normalized spacial score (nSPS) is 26.1. The molecule has 5 nitrogen and oxygen atoms in total. The monoisotopic (exact) mass is 402 g/mol. The van der Waals surface area contributed by atoms with Gasteiger partial charge in [0.25, 0.3) is 0 Å². The van der Waals surface area contributed by atoms with Gasteiger partial charge in [-0.15, -0.1) is 0 Å². The Bertz CT molecular complexity index is 851. The Labute approximate surface area is 170 Å². The summed E-state index contributed by atoms with van der Waals surface area (Å²) in [7, 11) is 0. The molecule has 1 N–H and O–H groups in total. The minimum absolute atomic E-state index is 0.0494. The quantitative estimate of drug-likeness (QED) is 0.649. The lowest BCUT2D eigenvalue weighted by molar-refractivity contribution is -0.137. The van der Waals surface area contributed by atoms with Gasteiger partial charge in [0.05, 0.1) is 29.3 Å². The molecule has 2 fully saturated rings. The van der Waals surface area contributed by atoms with Crippen molar-refractivity contribution >= 4 is 17.6 Å². The first-order valence-corrected chi connectivity index (χ1v) is 10.4. The predicted molar refractivity (Wildman–Crippen MR) is 108 cm³/mol. The lowest BCUT2D eigenvalue weighted by Gasteiger charge is -2.28. The van der Waals surface area contributed by atoms with E-state index in [1.54, 1.807) is 0 Å². The van der Waals surface area contributed by atoms with Crippen molar-refractivity contribution in [1.29, 1.82) is 0 Å². The molecule has 2 aliphatic rings. The van der Waals surface area contributed by atoms with Crippen LogP contribution in [-0.2, 0) is 16.1 Å². The van der Waals surface area contributed by atoms with Gasteiger partial charge < -0.3 is 9.84 Å². The summed E-state index contributed by atoms with van der Waals surface area (Å²) in [6, 6.07) is 9.76. The average molecular weight is 403 g/mol. The van der Waals surface area contributed by atoms with E-state index in [1.165, 1.54) is 0 Å². The molecule has 6 heteroatoms. The van der Waals surface area contributed by atoms with E-state index in [0.29, 0.717) is 17.0 Å². The fourth-order valence-corrected chi connectivity index (χ4v) is 5.24. The molecule has 150 valence electrons. The molecule has 0 amide bonds. The Hall–Kier alpha value is -1.85. The molecule has 0 unspecified atom stereocenters. The summed E-state index contributed by atoms with van der Waals surface area (Å²) >= 11 is 6.01. The van der Waals surface area contributed by atoms with Crippen molar-refractivity contribution in [1.82, 2.24) is 9.78 Å². The van der Waals surface area contributed by atoms with Gasteiger partial charge >= 0.3 is 5.97 Å². The fourth-order valence-electron chi connectivity index (χ4n) is 5.11. The molecule has 2 aromatic rings. The molecule has 0 aliphatic heterocycles. The lowest BCUT2D eigenvalue weighted by Crippen LogP contribution is -2.27. The van der Waals surface area contributed by atoms with Crippen LogP contribution in [0.1, 0.15) is 62.8 Å². The predicted octanol–water partition coefficient (Wildman–Crippen LogP) is 5.31. The molecular weight excluding hydrogens is 376 g/mol. The number of fused-ring (bicyclic) bond motifs is 2. The molecule has 0 saturated heterocycles. The van der Waals surface area contributed by atoms with E-state index in [1.807, 2.05) is 35.9 Å². The molecule has 1 aromatic heterocycles. The van der Waals surface area contributed by atoms with Crippen LogP contribution in [0.3, 0.4) is 0 Å².